The van der Waals surface area contributed by atoms with E-state index in [1.807, 2.05) is 17.7 Å². The number of hydrogen-bond acceptors (Lipinski definition) is 2. The molecule has 0 fully saturated rings. The van der Waals surface area contributed by atoms with Gasteiger partial charge in [-0.3, -0.25) is 0 Å². The summed E-state index contributed by atoms with van der Waals surface area (Å²) in [5.74, 6) is 0. The summed E-state index contributed by atoms with van der Waals surface area (Å²) in [5, 5.41) is 3.08. The zero-order valence-electron chi connectivity index (χ0n) is 12.2. The number of fused-ring (bicyclic) bond motifs is 4. The molecular formula is C16H19N2SSi+. The molecule has 1 unspecified atom stereocenters. The molecule has 1 atom stereocenters. The summed E-state index contributed by atoms with van der Waals surface area (Å²) in [6, 6.07) is 6.36. The molecule has 0 N–H and O–H groups in total. The van der Waals surface area contributed by atoms with Crippen molar-refractivity contribution in [2.75, 3.05) is 0 Å². The summed E-state index contributed by atoms with van der Waals surface area (Å²) in [7, 11) is 1.45. The molecule has 1 aromatic carbocycles. The average molecular weight is 299 g/mol. The number of rotatable bonds is 1. The van der Waals surface area contributed by atoms with Gasteiger partial charge in [-0.05, 0) is 29.1 Å². The van der Waals surface area contributed by atoms with Crippen molar-refractivity contribution in [1.82, 2.24) is 4.98 Å². The van der Waals surface area contributed by atoms with E-state index in [1.165, 1.54) is 38.5 Å². The lowest BCUT2D eigenvalue weighted by Crippen LogP contribution is -2.33. The van der Waals surface area contributed by atoms with Crippen LogP contribution in [0.3, 0.4) is 0 Å². The van der Waals surface area contributed by atoms with Gasteiger partial charge in [0.15, 0.2) is 0 Å². The minimum Gasteiger partial charge on any atom is -0.236 e. The highest BCUT2D eigenvalue weighted by Crippen LogP contribution is 2.35. The minimum absolute atomic E-state index is 0.648. The van der Waals surface area contributed by atoms with Crippen LogP contribution in [0.4, 0.5) is 0 Å². The molecule has 2 nitrogen and oxygen atoms in total. The molecule has 3 heterocycles. The number of aromatic nitrogens is 2. The van der Waals surface area contributed by atoms with E-state index in [4.69, 9.17) is 4.98 Å². The fourth-order valence-electron chi connectivity index (χ4n) is 3.50. The van der Waals surface area contributed by atoms with Crippen LogP contribution in [-0.4, -0.2) is 13.8 Å². The molecule has 102 valence electrons. The summed E-state index contributed by atoms with van der Waals surface area (Å²) >= 11 is 1.93. The molecule has 2 aromatic heterocycles. The van der Waals surface area contributed by atoms with E-state index in [-0.39, 0.29) is 0 Å². The van der Waals surface area contributed by atoms with Crippen molar-refractivity contribution in [2.24, 2.45) is 7.05 Å². The standard InChI is InChI=1S/C16H19N2SSi/c1-4-12-16-15(17-9-18(12)2)11-7-10-5-6-20(3)14(10)8-13(11)19-16/h7-9,20H,4-6H2,1-3H3/q+1. The van der Waals surface area contributed by atoms with Crippen molar-refractivity contribution >= 4 is 45.6 Å². The van der Waals surface area contributed by atoms with E-state index in [0.29, 0.717) is 0 Å². The lowest BCUT2D eigenvalue weighted by Gasteiger charge is -2.02. The van der Waals surface area contributed by atoms with Gasteiger partial charge >= 0.3 is 0 Å². The maximum Gasteiger partial charge on any atom is 0.286 e. The van der Waals surface area contributed by atoms with E-state index >= 15 is 0 Å². The molecule has 0 saturated carbocycles. The first kappa shape index (κ1) is 12.5. The van der Waals surface area contributed by atoms with Gasteiger partial charge in [-0.15, -0.1) is 11.3 Å². The Bertz CT molecular complexity index is 837. The summed E-state index contributed by atoms with van der Waals surface area (Å²) in [6.45, 7) is 4.72. The predicted molar refractivity (Wildman–Crippen MR) is 88.8 cm³/mol. The van der Waals surface area contributed by atoms with Gasteiger partial charge < -0.3 is 0 Å². The third-order valence-corrected chi connectivity index (χ3v) is 8.63. The van der Waals surface area contributed by atoms with E-state index in [2.05, 4.69) is 37.2 Å². The van der Waals surface area contributed by atoms with Crippen molar-refractivity contribution in [3.8, 4) is 0 Å². The largest absolute Gasteiger partial charge is 0.286 e. The van der Waals surface area contributed by atoms with Crippen LogP contribution in [0.5, 0.6) is 0 Å². The van der Waals surface area contributed by atoms with Crippen LogP contribution in [0.15, 0.2) is 18.5 Å². The molecule has 4 rings (SSSR count). The number of nitrogens with zero attached hydrogens (tertiary/aromatic N) is 2. The number of aryl methyl sites for hydroxylation is 3. The Morgan fingerprint density at radius 3 is 3.05 bits per heavy atom. The quantitative estimate of drug-likeness (QED) is 0.498. The molecule has 1 aliphatic rings. The van der Waals surface area contributed by atoms with Gasteiger partial charge in [-0.2, -0.15) is 0 Å². The van der Waals surface area contributed by atoms with Gasteiger partial charge in [0, 0.05) is 16.5 Å². The first-order valence-corrected chi connectivity index (χ1v) is 10.8. The molecule has 0 saturated heterocycles. The highest BCUT2D eigenvalue weighted by atomic mass is 32.1. The normalized spacial score (nSPS) is 18.1. The van der Waals surface area contributed by atoms with Gasteiger partial charge in [0.25, 0.3) is 6.33 Å². The van der Waals surface area contributed by atoms with Gasteiger partial charge in [0.1, 0.15) is 10.4 Å². The van der Waals surface area contributed by atoms with Crippen molar-refractivity contribution in [2.45, 2.75) is 32.4 Å². The molecule has 0 radical (unpaired) electrons. The Morgan fingerprint density at radius 1 is 1.40 bits per heavy atom. The first-order chi connectivity index (χ1) is 9.69. The second-order valence-corrected chi connectivity index (χ2v) is 9.98. The van der Waals surface area contributed by atoms with Crippen LogP contribution in [0.25, 0.3) is 20.3 Å². The maximum atomic E-state index is 4.71. The van der Waals surface area contributed by atoms with Crippen LogP contribution in [-0.2, 0) is 19.9 Å². The zero-order valence-corrected chi connectivity index (χ0v) is 14.2. The van der Waals surface area contributed by atoms with Crippen LogP contribution < -0.4 is 9.75 Å². The molecule has 20 heavy (non-hydrogen) atoms. The Hall–Kier alpha value is -1.26. The number of hydrogen-bond donors (Lipinski definition) is 0. The SMILES string of the molecule is CCc1c2sc3cc4c(cc3c2nc[n+]1C)CC[SiH]4C. The van der Waals surface area contributed by atoms with Crippen LogP contribution in [0.2, 0.25) is 12.6 Å². The van der Waals surface area contributed by atoms with Crippen LogP contribution in [0, 0.1) is 0 Å². The molecule has 0 amide bonds. The van der Waals surface area contributed by atoms with Gasteiger partial charge in [0.2, 0.25) is 5.52 Å². The molecule has 0 bridgehead atoms. The highest BCUT2D eigenvalue weighted by Gasteiger charge is 2.24. The monoisotopic (exact) mass is 299 g/mol. The third kappa shape index (κ3) is 1.61. The smallest absolute Gasteiger partial charge is 0.236 e. The lowest BCUT2D eigenvalue weighted by molar-refractivity contribution is -0.680. The van der Waals surface area contributed by atoms with Gasteiger partial charge in [-0.25, -0.2) is 4.57 Å². The molecular weight excluding hydrogens is 280 g/mol. The molecule has 0 aliphatic carbocycles. The first-order valence-electron chi connectivity index (χ1n) is 7.41. The third-order valence-electron chi connectivity index (χ3n) is 4.68. The van der Waals surface area contributed by atoms with Gasteiger partial charge in [-0.1, -0.05) is 24.7 Å². The molecule has 0 spiro atoms. The fraction of sp³-hybridized carbons (Fsp3) is 0.375. The summed E-state index contributed by atoms with van der Waals surface area (Å²) in [6.07, 6.45) is 4.32. The number of benzene rings is 1. The van der Waals surface area contributed by atoms with E-state index < -0.39 is 8.80 Å². The Balaban J connectivity index is 2.11. The topological polar surface area (TPSA) is 16.8 Å². The average Bonchev–Trinajstić information content (AvgIpc) is 2.98. The van der Waals surface area contributed by atoms with Crippen LogP contribution in [0.1, 0.15) is 18.2 Å². The summed E-state index contributed by atoms with van der Waals surface area (Å²) in [5.41, 5.74) is 4.22. The van der Waals surface area contributed by atoms with E-state index in [0.717, 1.165) is 6.42 Å². The summed E-state index contributed by atoms with van der Waals surface area (Å²) < 4.78 is 4.99. The van der Waals surface area contributed by atoms with Crippen molar-refractivity contribution in [1.29, 1.82) is 0 Å². The van der Waals surface area contributed by atoms with E-state index in [1.54, 1.807) is 10.8 Å². The minimum atomic E-state index is -0.648. The maximum absolute atomic E-state index is 4.71. The van der Waals surface area contributed by atoms with Crippen molar-refractivity contribution in [3.63, 3.8) is 0 Å². The highest BCUT2D eigenvalue weighted by molar-refractivity contribution is 7.26. The zero-order chi connectivity index (χ0) is 13.9. The summed E-state index contributed by atoms with van der Waals surface area (Å²) in [4.78, 5) is 4.71. The Labute approximate surface area is 124 Å². The second kappa shape index (κ2) is 4.37. The second-order valence-electron chi connectivity index (χ2n) is 5.92. The molecule has 1 aliphatic heterocycles. The number of thiophene rings is 1. The lowest BCUT2D eigenvalue weighted by atomic mass is 10.1. The van der Waals surface area contributed by atoms with Gasteiger partial charge in [0.05, 0.1) is 15.8 Å². The van der Waals surface area contributed by atoms with Crippen molar-refractivity contribution in [3.05, 3.63) is 29.7 Å². The van der Waals surface area contributed by atoms with Crippen molar-refractivity contribution < 1.29 is 4.57 Å². The van der Waals surface area contributed by atoms with E-state index in [9.17, 15) is 0 Å². The predicted octanol–water partition coefficient (Wildman–Crippen LogP) is 2.46. The fourth-order valence-corrected chi connectivity index (χ4v) is 7.33. The Morgan fingerprint density at radius 2 is 2.25 bits per heavy atom. The molecule has 4 heteroatoms. The Kier molecular flexibility index (Phi) is 2.72. The van der Waals surface area contributed by atoms with Crippen LogP contribution >= 0.6 is 11.3 Å². The molecule has 3 aromatic rings.